The molecule has 1 aliphatic rings. The van der Waals surface area contributed by atoms with Gasteiger partial charge in [0.15, 0.2) is 0 Å². The molecule has 31 heavy (non-hydrogen) atoms. The largest absolute Gasteiger partial charge is 0.326 e. The van der Waals surface area contributed by atoms with Crippen molar-refractivity contribution >= 4 is 51.9 Å². The van der Waals surface area contributed by atoms with Gasteiger partial charge in [-0.3, -0.25) is 14.5 Å². The van der Waals surface area contributed by atoms with Gasteiger partial charge in [0.25, 0.3) is 5.91 Å². The first-order valence-corrected chi connectivity index (χ1v) is 11.7. The molecule has 1 saturated heterocycles. The Labute approximate surface area is 194 Å². The van der Waals surface area contributed by atoms with Crippen LogP contribution in [0.1, 0.15) is 47.6 Å². The van der Waals surface area contributed by atoms with E-state index in [1.54, 1.807) is 4.90 Å². The van der Waals surface area contributed by atoms with Crippen molar-refractivity contribution in [3.8, 4) is 0 Å². The van der Waals surface area contributed by atoms with Gasteiger partial charge < -0.3 is 5.32 Å². The second kappa shape index (κ2) is 10.2. The summed E-state index contributed by atoms with van der Waals surface area (Å²) >= 11 is 6.73. The van der Waals surface area contributed by atoms with Gasteiger partial charge in [0.05, 0.1) is 4.91 Å². The molecule has 0 saturated carbocycles. The van der Waals surface area contributed by atoms with Crippen molar-refractivity contribution < 1.29 is 9.59 Å². The highest BCUT2D eigenvalue weighted by molar-refractivity contribution is 8.26. The van der Waals surface area contributed by atoms with E-state index in [1.165, 1.54) is 22.9 Å². The van der Waals surface area contributed by atoms with Gasteiger partial charge in [-0.25, -0.2) is 0 Å². The summed E-state index contributed by atoms with van der Waals surface area (Å²) < 4.78 is 0.548. The maximum absolute atomic E-state index is 12.8. The second-order valence-electron chi connectivity index (χ2n) is 7.85. The van der Waals surface area contributed by atoms with Gasteiger partial charge in [0.1, 0.15) is 4.32 Å². The summed E-state index contributed by atoms with van der Waals surface area (Å²) in [6.07, 6.45) is 3.76. The third kappa shape index (κ3) is 5.83. The Bertz CT molecular complexity index is 1020. The van der Waals surface area contributed by atoms with Crippen molar-refractivity contribution in [2.75, 3.05) is 11.9 Å². The molecule has 6 heteroatoms. The maximum atomic E-state index is 12.8. The molecule has 0 radical (unpaired) electrons. The van der Waals surface area contributed by atoms with Crippen LogP contribution < -0.4 is 5.32 Å². The zero-order chi connectivity index (χ0) is 22.5. The first-order chi connectivity index (χ1) is 14.8. The molecule has 1 aliphatic heterocycles. The molecule has 0 aromatic heterocycles. The third-order valence-corrected chi connectivity index (χ3v) is 6.66. The topological polar surface area (TPSA) is 49.4 Å². The molecule has 1 heterocycles. The number of anilines is 1. The van der Waals surface area contributed by atoms with E-state index in [9.17, 15) is 9.59 Å². The van der Waals surface area contributed by atoms with Crippen LogP contribution in [0.3, 0.4) is 0 Å². The summed E-state index contributed by atoms with van der Waals surface area (Å²) in [5.74, 6) is -0.132. The van der Waals surface area contributed by atoms with E-state index in [0.29, 0.717) is 28.6 Å². The number of hydrogen-bond acceptors (Lipinski definition) is 4. The fourth-order valence-electron chi connectivity index (χ4n) is 3.67. The van der Waals surface area contributed by atoms with Gasteiger partial charge in [-0.05, 0) is 61.9 Å². The van der Waals surface area contributed by atoms with Crippen molar-refractivity contribution in [1.82, 2.24) is 4.90 Å². The first-order valence-electron chi connectivity index (χ1n) is 10.5. The smallest absolute Gasteiger partial charge is 0.266 e. The normalized spacial score (nSPS) is 15.1. The Morgan fingerprint density at radius 2 is 1.77 bits per heavy atom. The fraction of sp³-hybridized carbons (Fsp3) is 0.320. The van der Waals surface area contributed by atoms with Crippen LogP contribution in [0.25, 0.3) is 6.08 Å². The molecule has 3 rings (SSSR count). The quantitative estimate of drug-likeness (QED) is 0.426. The summed E-state index contributed by atoms with van der Waals surface area (Å²) in [6.45, 7) is 8.59. The van der Waals surface area contributed by atoms with Gasteiger partial charge in [0.2, 0.25) is 5.91 Å². The van der Waals surface area contributed by atoms with Crippen molar-refractivity contribution in [1.29, 1.82) is 0 Å². The molecule has 2 aromatic rings. The molecule has 0 bridgehead atoms. The number of carbonyl (C=O) groups is 2. The van der Waals surface area contributed by atoms with Gasteiger partial charge in [0, 0.05) is 18.7 Å². The molecular formula is C25H28N2O2S2. The number of rotatable bonds is 7. The van der Waals surface area contributed by atoms with Gasteiger partial charge in [-0.15, -0.1) is 0 Å². The average Bonchev–Trinajstić information content (AvgIpc) is 2.98. The summed E-state index contributed by atoms with van der Waals surface area (Å²) in [4.78, 5) is 27.4. The lowest BCUT2D eigenvalue weighted by molar-refractivity contribution is -0.122. The lowest BCUT2D eigenvalue weighted by Gasteiger charge is -2.15. The number of thiocarbonyl (C=S) groups is 1. The van der Waals surface area contributed by atoms with Gasteiger partial charge in [-0.2, -0.15) is 0 Å². The predicted molar refractivity (Wildman–Crippen MR) is 134 cm³/mol. The number of amides is 2. The van der Waals surface area contributed by atoms with Crippen molar-refractivity contribution in [2.45, 2.75) is 47.0 Å². The number of aryl methyl sites for hydroxylation is 4. The van der Waals surface area contributed by atoms with Crippen LogP contribution in [-0.2, 0) is 16.0 Å². The monoisotopic (exact) mass is 452 g/mol. The minimum absolute atomic E-state index is 0.0490. The van der Waals surface area contributed by atoms with E-state index in [1.807, 2.05) is 39.0 Å². The lowest BCUT2D eigenvalue weighted by atomic mass is 10.0. The van der Waals surface area contributed by atoms with E-state index in [-0.39, 0.29) is 11.8 Å². The Balaban J connectivity index is 1.55. The summed E-state index contributed by atoms with van der Waals surface area (Å²) in [6, 6.07) is 12.3. The maximum Gasteiger partial charge on any atom is 0.266 e. The van der Waals surface area contributed by atoms with Crippen LogP contribution >= 0.6 is 24.0 Å². The highest BCUT2D eigenvalue weighted by Crippen LogP contribution is 2.32. The zero-order valence-corrected chi connectivity index (χ0v) is 20.1. The molecule has 0 unspecified atom stereocenters. The van der Waals surface area contributed by atoms with Gasteiger partial charge in [-0.1, -0.05) is 72.9 Å². The third-order valence-electron chi connectivity index (χ3n) is 5.29. The lowest BCUT2D eigenvalue weighted by Crippen LogP contribution is -2.29. The number of hydrogen-bond donors (Lipinski definition) is 1. The Hall–Kier alpha value is -2.44. The van der Waals surface area contributed by atoms with E-state index in [0.717, 1.165) is 28.8 Å². The molecule has 0 spiro atoms. The van der Waals surface area contributed by atoms with Crippen LogP contribution in [-0.4, -0.2) is 27.6 Å². The molecular weight excluding hydrogens is 424 g/mol. The number of benzene rings is 2. The van der Waals surface area contributed by atoms with E-state index in [4.69, 9.17) is 12.2 Å². The van der Waals surface area contributed by atoms with Crippen LogP contribution in [0.15, 0.2) is 41.3 Å². The van der Waals surface area contributed by atoms with Gasteiger partial charge >= 0.3 is 0 Å². The molecule has 2 aromatic carbocycles. The highest BCUT2D eigenvalue weighted by atomic mass is 32.2. The van der Waals surface area contributed by atoms with Crippen LogP contribution in [0.4, 0.5) is 5.69 Å². The Kier molecular flexibility index (Phi) is 7.68. The van der Waals surface area contributed by atoms with Crippen molar-refractivity contribution in [3.63, 3.8) is 0 Å². The van der Waals surface area contributed by atoms with Crippen LogP contribution in [0.2, 0.25) is 0 Å². The van der Waals surface area contributed by atoms with E-state index >= 15 is 0 Å². The average molecular weight is 453 g/mol. The SMILES string of the molecule is CCc1ccc(/C=C2\SC(=S)N(CCCC(=O)Nc3c(C)cc(C)cc3C)C2=O)cc1. The molecule has 4 nitrogen and oxygen atoms in total. The number of nitrogens with one attached hydrogen (secondary N) is 1. The molecule has 162 valence electrons. The highest BCUT2D eigenvalue weighted by Gasteiger charge is 2.31. The van der Waals surface area contributed by atoms with Crippen molar-refractivity contribution in [3.05, 3.63) is 69.1 Å². The predicted octanol–water partition coefficient (Wildman–Crippen LogP) is 5.79. The minimum Gasteiger partial charge on any atom is -0.326 e. The standard InChI is InChI=1S/C25H28N2O2S2/c1-5-19-8-10-20(11-9-19)15-21-24(29)27(25(30)31-21)12-6-7-22(28)26-23-17(3)13-16(2)14-18(23)4/h8-11,13-15H,5-7,12H2,1-4H3,(H,26,28)/b21-15-. The van der Waals surface area contributed by atoms with E-state index in [2.05, 4.69) is 36.5 Å². The van der Waals surface area contributed by atoms with Crippen molar-refractivity contribution in [2.24, 2.45) is 0 Å². The van der Waals surface area contributed by atoms with Crippen LogP contribution in [0.5, 0.6) is 0 Å². The number of carbonyl (C=O) groups excluding carboxylic acids is 2. The minimum atomic E-state index is -0.0831. The summed E-state index contributed by atoms with van der Waals surface area (Å²) in [5, 5.41) is 3.01. The molecule has 0 aliphatic carbocycles. The summed E-state index contributed by atoms with van der Waals surface area (Å²) in [7, 11) is 0. The van der Waals surface area contributed by atoms with E-state index < -0.39 is 0 Å². The molecule has 2 amide bonds. The molecule has 0 atom stereocenters. The second-order valence-corrected chi connectivity index (χ2v) is 9.53. The summed E-state index contributed by atoms with van der Waals surface area (Å²) in [5.41, 5.74) is 6.41. The Morgan fingerprint density at radius 1 is 1.13 bits per heavy atom. The number of thioether (sulfide) groups is 1. The fourth-order valence-corrected chi connectivity index (χ4v) is 4.98. The first kappa shape index (κ1) is 23.2. The molecule has 1 N–H and O–H groups in total. The molecule has 1 fully saturated rings. The zero-order valence-electron chi connectivity index (χ0n) is 18.5. The Morgan fingerprint density at radius 3 is 2.39 bits per heavy atom. The van der Waals surface area contributed by atoms with Crippen LogP contribution in [0, 0.1) is 20.8 Å². The number of nitrogens with zero attached hydrogens (tertiary/aromatic N) is 1.